The molecule has 4 aromatic rings. The zero-order valence-electron chi connectivity index (χ0n) is 22.2. The third-order valence-electron chi connectivity index (χ3n) is 6.47. The first kappa shape index (κ1) is 26.4. The van der Waals surface area contributed by atoms with Gasteiger partial charge in [-0.15, -0.1) is 0 Å². The van der Waals surface area contributed by atoms with Crippen molar-refractivity contribution in [1.82, 2.24) is 0 Å². The van der Waals surface area contributed by atoms with E-state index in [1.807, 2.05) is 0 Å². The summed E-state index contributed by atoms with van der Waals surface area (Å²) in [5, 5.41) is 5.47. The van der Waals surface area contributed by atoms with Crippen LogP contribution in [-0.2, 0) is 0 Å². The minimum absolute atomic E-state index is 0.602. The molecule has 2 atom stereocenters. The van der Waals surface area contributed by atoms with Gasteiger partial charge in [-0.1, -0.05) is 72.8 Å². The van der Waals surface area contributed by atoms with E-state index in [9.17, 15) is 0 Å². The standard InChI is InChI=1S/C32H36O2P2/c1-23-19-25(3)31(33-5)29(21-23)35(27-13-9-7-10-14-27)17-18-36(28-15-11-8-12-16-28)30-22-24(2)20-26(4)32(30)34-6/h7-16,19-22H,17-18H2,1-6H3. The number of aryl methyl sites for hydroxylation is 4. The third kappa shape index (κ3) is 5.83. The van der Waals surface area contributed by atoms with E-state index in [2.05, 4.69) is 113 Å². The summed E-state index contributed by atoms with van der Waals surface area (Å²) in [6.07, 6.45) is 2.16. The lowest BCUT2D eigenvalue weighted by Crippen LogP contribution is -2.22. The van der Waals surface area contributed by atoms with Gasteiger partial charge in [0.15, 0.2) is 0 Å². The molecule has 0 spiro atoms. The van der Waals surface area contributed by atoms with Crippen molar-refractivity contribution in [2.75, 3.05) is 26.5 Å². The Hall–Kier alpha value is -2.66. The molecular weight excluding hydrogens is 478 g/mol. The first-order chi connectivity index (χ1) is 17.4. The molecule has 0 radical (unpaired) electrons. The van der Waals surface area contributed by atoms with Crippen LogP contribution in [0, 0.1) is 27.7 Å². The van der Waals surface area contributed by atoms with Crippen LogP contribution in [0.25, 0.3) is 0 Å². The van der Waals surface area contributed by atoms with E-state index in [-0.39, 0.29) is 0 Å². The highest BCUT2D eigenvalue weighted by Gasteiger charge is 2.25. The number of hydrogen-bond donors (Lipinski definition) is 0. The molecule has 186 valence electrons. The molecule has 2 nitrogen and oxygen atoms in total. The highest BCUT2D eigenvalue weighted by Crippen LogP contribution is 2.45. The predicted octanol–water partition coefficient (Wildman–Crippen LogP) is 6.50. The van der Waals surface area contributed by atoms with Crippen LogP contribution in [0.4, 0.5) is 0 Å². The largest absolute Gasteiger partial charge is 0.496 e. The SMILES string of the molecule is COc1c(C)cc(C)cc1P(CCP(c1ccccc1)c1cc(C)cc(C)c1OC)c1ccccc1. The van der Waals surface area contributed by atoms with Crippen molar-refractivity contribution >= 4 is 37.1 Å². The molecule has 4 aromatic carbocycles. The maximum atomic E-state index is 5.98. The van der Waals surface area contributed by atoms with Gasteiger partial charge in [0.25, 0.3) is 0 Å². The summed E-state index contributed by atoms with van der Waals surface area (Å²) in [4.78, 5) is 0. The minimum Gasteiger partial charge on any atom is -0.496 e. The van der Waals surface area contributed by atoms with E-state index < -0.39 is 15.8 Å². The average Bonchev–Trinajstić information content (AvgIpc) is 2.87. The second kappa shape index (κ2) is 12.1. The minimum atomic E-state index is -0.602. The van der Waals surface area contributed by atoms with Crippen LogP contribution in [0.2, 0.25) is 0 Å². The van der Waals surface area contributed by atoms with Crippen molar-refractivity contribution in [2.45, 2.75) is 27.7 Å². The highest BCUT2D eigenvalue weighted by atomic mass is 31.1. The second-order valence-corrected chi connectivity index (χ2v) is 13.8. The molecule has 0 aromatic heterocycles. The summed E-state index contributed by atoms with van der Waals surface area (Å²) in [5.41, 5.74) is 4.98. The fraction of sp³-hybridized carbons (Fsp3) is 0.250. The predicted molar refractivity (Wildman–Crippen MR) is 160 cm³/mol. The Balaban J connectivity index is 1.81. The number of ether oxygens (including phenoxy) is 2. The van der Waals surface area contributed by atoms with Crippen LogP contribution in [-0.4, -0.2) is 26.5 Å². The quantitative estimate of drug-likeness (QED) is 0.237. The van der Waals surface area contributed by atoms with Crippen LogP contribution < -0.4 is 30.7 Å². The molecular formula is C32H36O2P2. The molecule has 0 saturated heterocycles. The summed E-state index contributed by atoms with van der Waals surface area (Å²) in [5.74, 6) is 2.06. The molecule has 4 rings (SSSR count). The van der Waals surface area contributed by atoms with Crippen molar-refractivity contribution in [3.05, 3.63) is 107 Å². The molecule has 0 aliphatic rings. The smallest absolute Gasteiger partial charge is 0.129 e. The van der Waals surface area contributed by atoms with E-state index in [0.29, 0.717) is 0 Å². The molecule has 0 bridgehead atoms. The number of benzene rings is 4. The first-order valence-electron chi connectivity index (χ1n) is 12.4. The lowest BCUT2D eigenvalue weighted by atomic mass is 10.1. The van der Waals surface area contributed by atoms with Crippen molar-refractivity contribution in [3.63, 3.8) is 0 Å². The summed E-state index contributed by atoms with van der Waals surface area (Å²) in [6.45, 7) is 8.69. The lowest BCUT2D eigenvalue weighted by Gasteiger charge is -2.27. The van der Waals surface area contributed by atoms with Crippen LogP contribution in [0.15, 0.2) is 84.9 Å². The normalized spacial score (nSPS) is 12.7. The van der Waals surface area contributed by atoms with Crippen molar-refractivity contribution < 1.29 is 9.47 Å². The lowest BCUT2D eigenvalue weighted by molar-refractivity contribution is 0.415. The molecule has 0 amide bonds. The molecule has 0 fully saturated rings. The van der Waals surface area contributed by atoms with E-state index in [4.69, 9.17) is 9.47 Å². The van der Waals surface area contributed by atoms with Gasteiger partial charge in [-0.05, 0) is 101 Å². The Labute approximate surface area is 219 Å². The van der Waals surface area contributed by atoms with Crippen LogP contribution in [0.1, 0.15) is 22.3 Å². The molecule has 36 heavy (non-hydrogen) atoms. The van der Waals surface area contributed by atoms with Gasteiger partial charge >= 0.3 is 0 Å². The van der Waals surface area contributed by atoms with Crippen molar-refractivity contribution in [2.24, 2.45) is 0 Å². The van der Waals surface area contributed by atoms with Crippen LogP contribution >= 0.6 is 15.8 Å². The number of rotatable bonds is 9. The Kier molecular flexibility index (Phi) is 8.84. The summed E-state index contributed by atoms with van der Waals surface area (Å²) in [7, 11) is 2.40. The van der Waals surface area contributed by atoms with Crippen LogP contribution in [0.3, 0.4) is 0 Å². The van der Waals surface area contributed by atoms with Gasteiger partial charge in [-0.25, -0.2) is 0 Å². The first-order valence-corrected chi connectivity index (χ1v) is 15.4. The van der Waals surface area contributed by atoms with Gasteiger partial charge in [0, 0.05) is 10.6 Å². The van der Waals surface area contributed by atoms with Crippen molar-refractivity contribution in [1.29, 1.82) is 0 Å². The third-order valence-corrected chi connectivity index (χ3v) is 11.8. The monoisotopic (exact) mass is 514 g/mol. The summed E-state index contributed by atoms with van der Waals surface area (Å²) >= 11 is 0. The topological polar surface area (TPSA) is 18.5 Å². The average molecular weight is 515 g/mol. The Bertz CT molecular complexity index is 1200. The van der Waals surface area contributed by atoms with E-state index in [1.165, 1.54) is 43.5 Å². The van der Waals surface area contributed by atoms with Gasteiger partial charge in [0.1, 0.15) is 11.5 Å². The molecule has 0 N–H and O–H groups in total. The zero-order valence-corrected chi connectivity index (χ0v) is 24.0. The van der Waals surface area contributed by atoms with Gasteiger partial charge < -0.3 is 9.47 Å². The van der Waals surface area contributed by atoms with Crippen LogP contribution in [0.5, 0.6) is 11.5 Å². The maximum Gasteiger partial charge on any atom is 0.129 e. The van der Waals surface area contributed by atoms with E-state index in [1.54, 1.807) is 14.2 Å². The second-order valence-electron chi connectivity index (χ2n) is 9.24. The highest BCUT2D eigenvalue weighted by molar-refractivity contribution is 7.76. The molecule has 4 heteroatoms. The van der Waals surface area contributed by atoms with E-state index in [0.717, 1.165) is 23.8 Å². The van der Waals surface area contributed by atoms with Gasteiger partial charge in [-0.2, -0.15) is 0 Å². The molecule has 0 heterocycles. The Morgan fingerprint density at radius 3 is 1.22 bits per heavy atom. The van der Waals surface area contributed by atoms with Gasteiger partial charge in [0.2, 0.25) is 0 Å². The van der Waals surface area contributed by atoms with Gasteiger partial charge in [0.05, 0.1) is 14.2 Å². The number of methoxy groups -OCH3 is 2. The fourth-order valence-electron chi connectivity index (χ4n) is 4.99. The maximum absolute atomic E-state index is 5.98. The molecule has 0 aliphatic carbocycles. The fourth-order valence-corrected chi connectivity index (χ4v) is 11.0. The van der Waals surface area contributed by atoms with E-state index >= 15 is 0 Å². The van der Waals surface area contributed by atoms with Crippen molar-refractivity contribution in [3.8, 4) is 11.5 Å². The Morgan fingerprint density at radius 2 is 0.889 bits per heavy atom. The summed E-state index contributed by atoms with van der Waals surface area (Å²) in [6, 6.07) is 31.1. The van der Waals surface area contributed by atoms with Gasteiger partial charge in [-0.3, -0.25) is 0 Å². The molecule has 0 saturated carbocycles. The zero-order chi connectivity index (χ0) is 25.7. The molecule has 0 aliphatic heterocycles. The number of hydrogen-bond acceptors (Lipinski definition) is 2. The molecule has 2 unspecified atom stereocenters. The Morgan fingerprint density at radius 1 is 0.528 bits per heavy atom. The summed E-state index contributed by atoms with van der Waals surface area (Å²) < 4.78 is 12.0.